The molecule has 0 fully saturated rings. The Kier molecular flexibility index (Phi) is 6.94. The van der Waals surface area contributed by atoms with Gasteiger partial charge in [0.1, 0.15) is 0 Å². The van der Waals surface area contributed by atoms with Crippen LogP contribution in [0.15, 0.2) is 54.9 Å². The quantitative estimate of drug-likeness (QED) is 0.432. The molecule has 0 amide bonds. The Labute approximate surface area is 180 Å². The molecule has 2 N–H and O–H groups in total. The van der Waals surface area contributed by atoms with Crippen molar-refractivity contribution in [1.29, 1.82) is 0 Å². The summed E-state index contributed by atoms with van der Waals surface area (Å²) >= 11 is 17.6. The molecule has 0 bridgehead atoms. The lowest BCUT2D eigenvalue weighted by Gasteiger charge is -2.12. The van der Waals surface area contributed by atoms with Gasteiger partial charge in [0.05, 0.1) is 18.4 Å². The molecular formula is C21H22Cl2N4S. The van der Waals surface area contributed by atoms with Crippen molar-refractivity contribution < 1.29 is 0 Å². The third-order valence-electron chi connectivity index (χ3n) is 4.59. The number of nitrogens with zero attached hydrogens (tertiary/aromatic N) is 2. The van der Waals surface area contributed by atoms with Crippen LogP contribution in [0.5, 0.6) is 0 Å². The second-order valence-electron chi connectivity index (χ2n) is 6.67. The van der Waals surface area contributed by atoms with Gasteiger partial charge in [-0.15, -0.1) is 0 Å². The molecule has 0 spiro atoms. The minimum absolute atomic E-state index is 0.514. The van der Waals surface area contributed by atoms with Crippen LogP contribution < -0.4 is 10.6 Å². The van der Waals surface area contributed by atoms with E-state index in [-0.39, 0.29) is 0 Å². The molecule has 1 aromatic heterocycles. The highest BCUT2D eigenvalue weighted by atomic mass is 35.5. The highest BCUT2D eigenvalue weighted by molar-refractivity contribution is 7.80. The van der Waals surface area contributed by atoms with Gasteiger partial charge in [-0.25, -0.2) is 0 Å². The van der Waals surface area contributed by atoms with E-state index in [0.29, 0.717) is 27.6 Å². The molecule has 0 saturated carbocycles. The maximum Gasteiger partial charge on any atom is 0.175 e. The molecule has 146 valence electrons. The number of halogens is 2. The van der Waals surface area contributed by atoms with Gasteiger partial charge >= 0.3 is 0 Å². The summed E-state index contributed by atoms with van der Waals surface area (Å²) in [6.45, 7) is 4.97. The molecule has 0 aliphatic heterocycles. The largest absolute Gasteiger partial charge is 0.332 e. The Morgan fingerprint density at radius 3 is 2.50 bits per heavy atom. The number of anilines is 2. The number of thiocarbonyl (C=S) groups is 1. The number of nitrogens with one attached hydrogen (secondary N) is 2. The van der Waals surface area contributed by atoms with E-state index < -0.39 is 0 Å². The van der Waals surface area contributed by atoms with Gasteiger partial charge in [0, 0.05) is 21.9 Å². The maximum absolute atomic E-state index is 6.23. The predicted molar refractivity (Wildman–Crippen MR) is 123 cm³/mol. The first kappa shape index (κ1) is 20.6. The van der Waals surface area contributed by atoms with Crippen molar-refractivity contribution >= 4 is 51.9 Å². The molecule has 7 heteroatoms. The molecule has 0 radical (unpaired) electrons. The van der Waals surface area contributed by atoms with E-state index in [2.05, 4.69) is 41.7 Å². The molecule has 3 rings (SSSR count). The summed E-state index contributed by atoms with van der Waals surface area (Å²) in [7, 11) is 0. The van der Waals surface area contributed by atoms with Gasteiger partial charge in [-0.1, -0.05) is 55.2 Å². The van der Waals surface area contributed by atoms with E-state index >= 15 is 0 Å². The van der Waals surface area contributed by atoms with E-state index in [9.17, 15) is 0 Å². The molecule has 0 aliphatic carbocycles. The Morgan fingerprint density at radius 1 is 1.11 bits per heavy atom. The number of rotatable bonds is 6. The molecule has 0 aliphatic rings. The van der Waals surface area contributed by atoms with Crippen LogP contribution in [0.4, 0.5) is 11.4 Å². The topological polar surface area (TPSA) is 41.9 Å². The Hall–Kier alpha value is -2.08. The summed E-state index contributed by atoms with van der Waals surface area (Å²) in [4.78, 5) is 0. The molecule has 4 nitrogen and oxygen atoms in total. The molecule has 28 heavy (non-hydrogen) atoms. The van der Waals surface area contributed by atoms with E-state index in [1.165, 1.54) is 5.56 Å². The van der Waals surface area contributed by atoms with Crippen LogP contribution in [0, 0.1) is 0 Å². The summed E-state index contributed by atoms with van der Waals surface area (Å²) in [6.07, 6.45) is 4.73. The first-order valence-electron chi connectivity index (χ1n) is 9.09. The van der Waals surface area contributed by atoms with Crippen LogP contribution in [0.2, 0.25) is 10.0 Å². The molecule has 0 saturated heterocycles. The highest BCUT2D eigenvalue weighted by Gasteiger charge is 2.07. The minimum Gasteiger partial charge on any atom is -0.332 e. The highest BCUT2D eigenvalue weighted by Crippen LogP contribution is 2.22. The smallest absolute Gasteiger partial charge is 0.175 e. The molecule has 3 aromatic rings. The van der Waals surface area contributed by atoms with Gasteiger partial charge in [0.15, 0.2) is 5.11 Å². The number of hydrogen-bond acceptors (Lipinski definition) is 2. The Bertz CT molecular complexity index is 953. The van der Waals surface area contributed by atoms with Gasteiger partial charge in [0.25, 0.3) is 0 Å². The van der Waals surface area contributed by atoms with Crippen molar-refractivity contribution in [1.82, 2.24) is 9.78 Å². The molecule has 2 aromatic carbocycles. The predicted octanol–water partition coefficient (Wildman–Crippen LogP) is 6.56. The van der Waals surface area contributed by atoms with Gasteiger partial charge in [-0.2, -0.15) is 5.10 Å². The van der Waals surface area contributed by atoms with E-state index in [4.69, 9.17) is 35.4 Å². The van der Waals surface area contributed by atoms with Crippen LogP contribution in [0.3, 0.4) is 0 Å². The monoisotopic (exact) mass is 432 g/mol. The zero-order chi connectivity index (χ0) is 20.1. The zero-order valence-corrected chi connectivity index (χ0v) is 18.1. The second-order valence-corrected chi connectivity index (χ2v) is 7.92. The second kappa shape index (κ2) is 9.41. The lowest BCUT2D eigenvalue weighted by Crippen LogP contribution is -2.18. The summed E-state index contributed by atoms with van der Waals surface area (Å²) < 4.78 is 1.79. The fourth-order valence-corrected chi connectivity index (χ4v) is 3.47. The minimum atomic E-state index is 0.514. The molecule has 1 unspecified atom stereocenters. The van der Waals surface area contributed by atoms with Gasteiger partial charge in [0.2, 0.25) is 0 Å². The third kappa shape index (κ3) is 5.47. The molecule has 1 atom stereocenters. The van der Waals surface area contributed by atoms with Crippen LogP contribution in [-0.4, -0.2) is 14.9 Å². The Balaban J connectivity index is 1.57. The van der Waals surface area contributed by atoms with Crippen LogP contribution in [-0.2, 0) is 6.54 Å². The van der Waals surface area contributed by atoms with Crippen LogP contribution in [0.25, 0.3) is 0 Å². The fourth-order valence-electron chi connectivity index (χ4n) is 2.76. The van der Waals surface area contributed by atoms with Crippen LogP contribution in [0.1, 0.15) is 37.3 Å². The standard InChI is InChI=1S/C21H22Cl2N4S/c1-3-14(2)15-5-8-18(9-6-15)25-21(28)26-19-11-24-27(13-19)12-16-4-7-17(22)10-20(16)23/h4-11,13-14H,3,12H2,1-2H3,(H2,25,26,28). The number of benzene rings is 2. The van der Waals surface area contributed by atoms with Crippen LogP contribution >= 0.6 is 35.4 Å². The normalized spacial score (nSPS) is 11.9. The van der Waals surface area contributed by atoms with Crippen molar-refractivity contribution in [2.24, 2.45) is 0 Å². The van der Waals surface area contributed by atoms with Gasteiger partial charge in [-0.3, -0.25) is 4.68 Å². The first-order chi connectivity index (χ1) is 13.4. The van der Waals surface area contributed by atoms with E-state index in [1.807, 2.05) is 30.5 Å². The Morgan fingerprint density at radius 2 is 1.82 bits per heavy atom. The average Bonchev–Trinajstić information content (AvgIpc) is 3.10. The van der Waals surface area contributed by atoms with Gasteiger partial charge in [-0.05, 0) is 59.9 Å². The SMILES string of the molecule is CCC(C)c1ccc(NC(=S)Nc2cnn(Cc3ccc(Cl)cc3Cl)c2)cc1. The summed E-state index contributed by atoms with van der Waals surface area (Å²) in [6, 6.07) is 13.8. The summed E-state index contributed by atoms with van der Waals surface area (Å²) in [5.41, 5.74) is 4.03. The average molecular weight is 433 g/mol. The fraction of sp³-hybridized carbons (Fsp3) is 0.238. The van der Waals surface area contributed by atoms with Crippen molar-refractivity contribution in [2.45, 2.75) is 32.7 Å². The zero-order valence-electron chi connectivity index (χ0n) is 15.7. The molecular weight excluding hydrogens is 411 g/mol. The van der Waals surface area contributed by atoms with Crippen molar-refractivity contribution in [3.8, 4) is 0 Å². The number of hydrogen-bond donors (Lipinski definition) is 2. The van der Waals surface area contributed by atoms with E-state index in [1.54, 1.807) is 16.9 Å². The first-order valence-corrected chi connectivity index (χ1v) is 10.3. The van der Waals surface area contributed by atoms with E-state index in [0.717, 1.165) is 23.4 Å². The summed E-state index contributed by atoms with van der Waals surface area (Å²) in [5, 5.41) is 12.4. The summed E-state index contributed by atoms with van der Waals surface area (Å²) in [5.74, 6) is 0.555. The van der Waals surface area contributed by atoms with Gasteiger partial charge < -0.3 is 10.6 Å². The van der Waals surface area contributed by atoms with Crippen molar-refractivity contribution in [2.75, 3.05) is 10.6 Å². The van der Waals surface area contributed by atoms with Crippen molar-refractivity contribution in [3.63, 3.8) is 0 Å². The lowest BCUT2D eigenvalue weighted by atomic mass is 9.99. The third-order valence-corrected chi connectivity index (χ3v) is 5.38. The maximum atomic E-state index is 6.23. The lowest BCUT2D eigenvalue weighted by molar-refractivity contribution is 0.687. The van der Waals surface area contributed by atoms with Crippen molar-refractivity contribution in [3.05, 3.63) is 76.0 Å². The molecule has 1 heterocycles. The number of aromatic nitrogens is 2.